The Morgan fingerprint density at radius 1 is 1.50 bits per heavy atom. The Kier molecular flexibility index (Phi) is 4.03. The van der Waals surface area contributed by atoms with Gasteiger partial charge in [-0.15, -0.1) is 0 Å². The van der Waals surface area contributed by atoms with E-state index in [1.54, 1.807) is 29.3 Å². The first kappa shape index (κ1) is 12.7. The maximum Gasteiger partial charge on any atom is 0.251 e. The van der Waals surface area contributed by atoms with Crippen LogP contribution in [0.5, 0.6) is 0 Å². The number of halogens is 1. The summed E-state index contributed by atoms with van der Waals surface area (Å²) in [5.74, 6) is 0.586. The fourth-order valence-electron chi connectivity index (χ4n) is 1.43. The van der Waals surface area contributed by atoms with Gasteiger partial charge < -0.3 is 5.32 Å². The summed E-state index contributed by atoms with van der Waals surface area (Å²) in [6, 6.07) is 3.34. The van der Waals surface area contributed by atoms with Gasteiger partial charge in [-0.05, 0) is 28.1 Å². The van der Waals surface area contributed by atoms with Crippen LogP contribution in [0.2, 0.25) is 0 Å². The Balaban J connectivity index is 1.85. The summed E-state index contributed by atoms with van der Waals surface area (Å²) < 4.78 is 2.28. The van der Waals surface area contributed by atoms with Crippen LogP contribution in [0.25, 0.3) is 0 Å². The predicted octanol–water partition coefficient (Wildman–Crippen LogP) is 0.945. The molecule has 0 spiro atoms. The van der Waals surface area contributed by atoms with Crippen molar-refractivity contribution in [1.82, 2.24) is 25.1 Å². The number of nitrogens with zero attached hydrogens (tertiary/aromatic N) is 4. The van der Waals surface area contributed by atoms with Gasteiger partial charge >= 0.3 is 0 Å². The summed E-state index contributed by atoms with van der Waals surface area (Å²) in [5, 5.41) is 6.94. The molecule has 0 radical (unpaired) electrons. The average Bonchev–Trinajstić information content (AvgIpc) is 2.75. The van der Waals surface area contributed by atoms with Gasteiger partial charge in [-0.1, -0.05) is 0 Å². The monoisotopic (exact) mass is 309 g/mol. The van der Waals surface area contributed by atoms with Gasteiger partial charge in [0.15, 0.2) is 5.82 Å². The van der Waals surface area contributed by atoms with E-state index in [2.05, 4.69) is 36.3 Å². The van der Waals surface area contributed by atoms with Crippen LogP contribution in [0.15, 0.2) is 29.3 Å². The Hall–Kier alpha value is -1.76. The third-order valence-electron chi connectivity index (χ3n) is 2.27. The fraction of sp³-hybridized carbons (Fsp3) is 0.273. The molecule has 0 unspecified atom stereocenters. The topological polar surface area (TPSA) is 72.7 Å². The van der Waals surface area contributed by atoms with Gasteiger partial charge in [0.05, 0.1) is 0 Å². The van der Waals surface area contributed by atoms with Crippen LogP contribution in [0.3, 0.4) is 0 Å². The molecule has 0 aliphatic carbocycles. The molecule has 0 saturated carbocycles. The van der Waals surface area contributed by atoms with Crippen LogP contribution in [-0.4, -0.2) is 32.2 Å². The number of hydrogen-bond donors (Lipinski definition) is 1. The van der Waals surface area contributed by atoms with Gasteiger partial charge in [0.1, 0.15) is 10.9 Å². The number of aromatic nitrogens is 4. The predicted molar refractivity (Wildman–Crippen MR) is 69.0 cm³/mol. The van der Waals surface area contributed by atoms with Crippen molar-refractivity contribution in [2.24, 2.45) is 7.05 Å². The van der Waals surface area contributed by atoms with Gasteiger partial charge in [0.25, 0.3) is 5.91 Å². The minimum Gasteiger partial charge on any atom is -0.352 e. The van der Waals surface area contributed by atoms with Crippen molar-refractivity contribution in [3.63, 3.8) is 0 Å². The van der Waals surface area contributed by atoms with E-state index in [9.17, 15) is 4.79 Å². The van der Waals surface area contributed by atoms with Crippen molar-refractivity contribution in [2.75, 3.05) is 6.54 Å². The van der Waals surface area contributed by atoms with Crippen molar-refractivity contribution in [3.8, 4) is 0 Å². The highest BCUT2D eigenvalue weighted by molar-refractivity contribution is 9.10. The number of carbonyl (C=O) groups excluding carboxylic acids is 1. The smallest absolute Gasteiger partial charge is 0.251 e. The molecule has 6 nitrogen and oxygen atoms in total. The minimum absolute atomic E-state index is 0.131. The van der Waals surface area contributed by atoms with Gasteiger partial charge in [-0.2, -0.15) is 5.10 Å². The van der Waals surface area contributed by atoms with Crippen LogP contribution in [0.4, 0.5) is 0 Å². The summed E-state index contributed by atoms with van der Waals surface area (Å²) in [5.41, 5.74) is 0.575. The number of pyridine rings is 1. The second-order valence-corrected chi connectivity index (χ2v) is 4.52. The van der Waals surface area contributed by atoms with Gasteiger partial charge in [0, 0.05) is 31.8 Å². The molecule has 2 heterocycles. The van der Waals surface area contributed by atoms with Crippen LogP contribution >= 0.6 is 15.9 Å². The molecule has 0 atom stereocenters. The van der Waals surface area contributed by atoms with Crippen molar-refractivity contribution in [2.45, 2.75) is 6.42 Å². The van der Waals surface area contributed by atoms with Gasteiger partial charge in [-0.25, -0.2) is 9.97 Å². The number of amides is 1. The van der Waals surface area contributed by atoms with E-state index in [1.807, 2.05) is 7.05 Å². The molecule has 18 heavy (non-hydrogen) atoms. The van der Waals surface area contributed by atoms with Crippen LogP contribution in [0.1, 0.15) is 16.2 Å². The summed E-state index contributed by atoms with van der Waals surface area (Å²) in [7, 11) is 1.81. The molecule has 0 aromatic carbocycles. The highest BCUT2D eigenvalue weighted by atomic mass is 79.9. The lowest BCUT2D eigenvalue weighted by Gasteiger charge is -2.03. The zero-order chi connectivity index (χ0) is 13.0. The molecule has 0 aliphatic rings. The number of rotatable bonds is 4. The summed E-state index contributed by atoms with van der Waals surface area (Å²) in [6.07, 6.45) is 3.83. The molecule has 0 aliphatic heterocycles. The molecule has 1 N–H and O–H groups in total. The second kappa shape index (κ2) is 5.72. The van der Waals surface area contributed by atoms with Crippen LogP contribution in [-0.2, 0) is 13.5 Å². The van der Waals surface area contributed by atoms with E-state index in [1.165, 1.54) is 0 Å². The highest BCUT2D eigenvalue weighted by Crippen LogP contribution is 2.07. The SMILES string of the molecule is Cn1cnc(CCNC(=O)c2ccnc(Br)c2)n1. The molecule has 0 fully saturated rings. The minimum atomic E-state index is -0.131. The maximum atomic E-state index is 11.8. The maximum absolute atomic E-state index is 11.8. The molecular formula is C11H12BrN5O. The number of aryl methyl sites for hydroxylation is 1. The largest absolute Gasteiger partial charge is 0.352 e. The van der Waals surface area contributed by atoms with Crippen molar-refractivity contribution in [3.05, 3.63) is 40.6 Å². The molecule has 2 rings (SSSR count). The first-order valence-corrected chi connectivity index (χ1v) is 6.19. The Labute approximate surface area is 113 Å². The summed E-state index contributed by atoms with van der Waals surface area (Å²) in [4.78, 5) is 19.8. The van der Waals surface area contributed by atoms with Gasteiger partial charge in [0.2, 0.25) is 0 Å². The standard InChI is InChI=1S/C11H12BrN5O/c1-17-7-15-10(16-17)3-5-14-11(18)8-2-4-13-9(12)6-8/h2,4,6-7H,3,5H2,1H3,(H,14,18). The second-order valence-electron chi connectivity index (χ2n) is 3.71. The lowest BCUT2D eigenvalue weighted by atomic mass is 10.2. The Morgan fingerprint density at radius 3 is 3.00 bits per heavy atom. The molecule has 0 saturated heterocycles. The van der Waals surface area contributed by atoms with E-state index >= 15 is 0 Å². The van der Waals surface area contributed by atoms with E-state index < -0.39 is 0 Å². The zero-order valence-corrected chi connectivity index (χ0v) is 11.4. The van der Waals surface area contributed by atoms with Crippen LogP contribution < -0.4 is 5.32 Å². The number of nitrogens with one attached hydrogen (secondary N) is 1. The Morgan fingerprint density at radius 2 is 2.33 bits per heavy atom. The average molecular weight is 310 g/mol. The van der Waals surface area contributed by atoms with E-state index in [4.69, 9.17) is 0 Å². The van der Waals surface area contributed by atoms with Crippen LogP contribution in [0, 0.1) is 0 Å². The highest BCUT2D eigenvalue weighted by Gasteiger charge is 2.06. The zero-order valence-electron chi connectivity index (χ0n) is 9.80. The normalized spacial score (nSPS) is 10.3. The quantitative estimate of drug-likeness (QED) is 0.853. The summed E-state index contributed by atoms with van der Waals surface area (Å²) >= 11 is 3.22. The lowest BCUT2D eigenvalue weighted by Crippen LogP contribution is -2.26. The van der Waals surface area contributed by atoms with Gasteiger partial charge in [-0.3, -0.25) is 9.48 Å². The molecule has 0 bridgehead atoms. The number of carbonyl (C=O) groups is 1. The third kappa shape index (κ3) is 3.36. The Bertz CT molecular complexity index is 554. The van der Waals surface area contributed by atoms with E-state index in [0.717, 1.165) is 0 Å². The third-order valence-corrected chi connectivity index (χ3v) is 2.70. The summed E-state index contributed by atoms with van der Waals surface area (Å²) in [6.45, 7) is 0.503. The van der Waals surface area contributed by atoms with Crippen molar-refractivity contribution < 1.29 is 4.79 Å². The first-order chi connectivity index (χ1) is 8.65. The lowest BCUT2D eigenvalue weighted by molar-refractivity contribution is 0.0954. The van der Waals surface area contributed by atoms with Crippen molar-refractivity contribution >= 4 is 21.8 Å². The van der Waals surface area contributed by atoms with Crippen molar-refractivity contribution in [1.29, 1.82) is 0 Å². The molecule has 2 aromatic rings. The number of hydrogen-bond acceptors (Lipinski definition) is 4. The van der Waals surface area contributed by atoms with E-state index in [-0.39, 0.29) is 5.91 Å². The van der Waals surface area contributed by atoms with E-state index in [0.29, 0.717) is 29.0 Å². The molecule has 94 valence electrons. The molecule has 1 amide bonds. The first-order valence-electron chi connectivity index (χ1n) is 5.39. The molecule has 7 heteroatoms. The molecular weight excluding hydrogens is 298 g/mol. The fourth-order valence-corrected chi connectivity index (χ4v) is 1.80. The molecule has 2 aromatic heterocycles.